The molecule has 1 aliphatic rings. The average molecular weight is 259 g/mol. The molecule has 0 radical (unpaired) electrons. The van der Waals surface area contributed by atoms with Gasteiger partial charge in [-0.2, -0.15) is 11.3 Å². The standard InChI is InChI=1S/C10H11BrOS/c1-2-6-3-7(6)10(12)8-4-13-5-9(8)11/h4-7H,2-3H2,1H3/t6-,7-/m1/s1. The molecule has 0 unspecified atom stereocenters. The molecule has 2 atom stereocenters. The van der Waals surface area contributed by atoms with Gasteiger partial charge in [-0.25, -0.2) is 0 Å². The molecular weight excluding hydrogens is 248 g/mol. The van der Waals surface area contributed by atoms with Crippen molar-refractivity contribution in [3.63, 3.8) is 0 Å². The van der Waals surface area contributed by atoms with Crippen molar-refractivity contribution in [3.05, 3.63) is 20.8 Å². The van der Waals surface area contributed by atoms with Crippen molar-refractivity contribution < 1.29 is 4.79 Å². The number of thiophene rings is 1. The Morgan fingerprint density at radius 2 is 2.46 bits per heavy atom. The van der Waals surface area contributed by atoms with Crippen LogP contribution in [-0.4, -0.2) is 5.78 Å². The van der Waals surface area contributed by atoms with Crippen LogP contribution < -0.4 is 0 Å². The maximum absolute atomic E-state index is 11.8. The van der Waals surface area contributed by atoms with Crippen molar-refractivity contribution in [2.45, 2.75) is 19.8 Å². The summed E-state index contributed by atoms with van der Waals surface area (Å²) >= 11 is 4.98. The van der Waals surface area contributed by atoms with Gasteiger partial charge in [0, 0.05) is 26.7 Å². The maximum Gasteiger partial charge on any atom is 0.168 e. The van der Waals surface area contributed by atoms with E-state index in [0.29, 0.717) is 17.6 Å². The van der Waals surface area contributed by atoms with Gasteiger partial charge in [-0.1, -0.05) is 13.3 Å². The van der Waals surface area contributed by atoms with Gasteiger partial charge in [0.05, 0.1) is 0 Å². The molecule has 1 nitrogen and oxygen atoms in total. The molecule has 13 heavy (non-hydrogen) atoms. The van der Waals surface area contributed by atoms with Crippen LogP contribution in [-0.2, 0) is 0 Å². The highest BCUT2D eigenvalue weighted by Gasteiger charge is 2.42. The molecule has 1 aromatic rings. The zero-order valence-corrected chi connectivity index (χ0v) is 9.82. The fourth-order valence-corrected chi connectivity index (χ4v) is 3.16. The number of halogens is 1. The normalized spacial score (nSPS) is 26.0. The third-order valence-electron chi connectivity index (χ3n) is 2.66. The Morgan fingerprint density at radius 3 is 2.92 bits per heavy atom. The van der Waals surface area contributed by atoms with E-state index >= 15 is 0 Å². The Labute approximate surface area is 90.3 Å². The van der Waals surface area contributed by atoms with E-state index < -0.39 is 0 Å². The number of Topliss-reactive ketones (excluding diaryl/α,β-unsaturated/α-hetero) is 1. The van der Waals surface area contributed by atoms with E-state index in [1.54, 1.807) is 11.3 Å². The van der Waals surface area contributed by atoms with Crippen molar-refractivity contribution in [2.24, 2.45) is 11.8 Å². The van der Waals surface area contributed by atoms with Crippen LogP contribution in [0.3, 0.4) is 0 Å². The first kappa shape index (κ1) is 9.41. The van der Waals surface area contributed by atoms with Crippen LogP contribution in [0.5, 0.6) is 0 Å². The fourth-order valence-electron chi connectivity index (χ4n) is 1.68. The van der Waals surface area contributed by atoms with Gasteiger partial charge in [0.2, 0.25) is 0 Å². The Kier molecular flexibility index (Phi) is 2.56. The Hall–Kier alpha value is -0.150. The number of rotatable bonds is 3. The first-order chi connectivity index (χ1) is 6.24. The van der Waals surface area contributed by atoms with Crippen LogP contribution in [0.15, 0.2) is 15.2 Å². The third kappa shape index (κ3) is 1.72. The lowest BCUT2D eigenvalue weighted by Crippen LogP contribution is -2.02. The average Bonchev–Trinajstić information content (AvgIpc) is 2.80. The van der Waals surface area contributed by atoms with E-state index in [1.807, 2.05) is 10.8 Å². The molecule has 0 spiro atoms. The SMILES string of the molecule is CC[C@@H]1C[C@H]1C(=O)c1cscc1Br. The lowest BCUT2D eigenvalue weighted by atomic mass is 10.1. The summed E-state index contributed by atoms with van der Waals surface area (Å²) in [5, 5.41) is 3.91. The summed E-state index contributed by atoms with van der Waals surface area (Å²) in [7, 11) is 0. The molecule has 0 aromatic carbocycles. The highest BCUT2D eigenvalue weighted by molar-refractivity contribution is 9.10. The van der Waals surface area contributed by atoms with Crippen LogP contribution in [0.25, 0.3) is 0 Å². The summed E-state index contributed by atoms with van der Waals surface area (Å²) < 4.78 is 0.962. The highest BCUT2D eigenvalue weighted by Crippen LogP contribution is 2.44. The van der Waals surface area contributed by atoms with Gasteiger partial charge in [-0.15, -0.1) is 0 Å². The minimum absolute atomic E-state index is 0.316. The second-order valence-electron chi connectivity index (χ2n) is 3.51. The van der Waals surface area contributed by atoms with Crippen LogP contribution in [0.1, 0.15) is 30.1 Å². The first-order valence-electron chi connectivity index (χ1n) is 4.50. The molecule has 0 saturated heterocycles. The van der Waals surface area contributed by atoms with Gasteiger partial charge in [-0.3, -0.25) is 4.79 Å². The zero-order chi connectivity index (χ0) is 9.42. The minimum atomic E-state index is 0.316. The first-order valence-corrected chi connectivity index (χ1v) is 6.23. The number of hydrogen-bond acceptors (Lipinski definition) is 2. The summed E-state index contributed by atoms with van der Waals surface area (Å²) in [5.74, 6) is 1.30. The summed E-state index contributed by atoms with van der Waals surface area (Å²) in [6.07, 6.45) is 2.23. The zero-order valence-electron chi connectivity index (χ0n) is 7.42. The summed E-state index contributed by atoms with van der Waals surface area (Å²) in [6, 6.07) is 0. The summed E-state index contributed by atoms with van der Waals surface area (Å²) in [4.78, 5) is 11.8. The predicted molar refractivity (Wildman–Crippen MR) is 58.2 cm³/mol. The molecule has 0 amide bonds. The second kappa shape index (κ2) is 3.54. The molecule has 3 heteroatoms. The highest BCUT2D eigenvalue weighted by atomic mass is 79.9. The largest absolute Gasteiger partial charge is 0.294 e. The van der Waals surface area contributed by atoms with Crippen LogP contribution in [0.4, 0.5) is 0 Å². The molecule has 0 bridgehead atoms. The van der Waals surface area contributed by atoms with Gasteiger partial charge in [0.1, 0.15) is 0 Å². The summed E-state index contributed by atoms with van der Waals surface area (Å²) in [6.45, 7) is 2.15. The molecule has 1 aliphatic carbocycles. The Bertz CT molecular complexity index is 331. The molecule has 1 fully saturated rings. The van der Waals surface area contributed by atoms with Gasteiger partial charge in [0.15, 0.2) is 5.78 Å². The number of carbonyl (C=O) groups is 1. The molecule has 0 aliphatic heterocycles. The van der Waals surface area contributed by atoms with Crippen LogP contribution in [0, 0.1) is 11.8 Å². The Balaban J connectivity index is 2.11. The van der Waals surface area contributed by atoms with E-state index in [2.05, 4.69) is 22.9 Å². The van der Waals surface area contributed by atoms with E-state index in [0.717, 1.165) is 22.9 Å². The molecule has 1 aromatic heterocycles. The van der Waals surface area contributed by atoms with Crippen molar-refractivity contribution in [2.75, 3.05) is 0 Å². The molecule has 1 heterocycles. The van der Waals surface area contributed by atoms with Gasteiger partial charge >= 0.3 is 0 Å². The van der Waals surface area contributed by atoms with Crippen molar-refractivity contribution in [1.82, 2.24) is 0 Å². The van der Waals surface area contributed by atoms with Crippen molar-refractivity contribution >= 4 is 33.0 Å². The second-order valence-corrected chi connectivity index (χ2v) is 5.11. The van der Waals surface area contributed by atoms with Gasteiger partial charge in [0.25, 0.3) is 0 Å². The minimum Gasteiger partial charge on any atom is -0.294 e. The fraction of sp³-hybridized carbons (Fsp3) is 0.500. The summed E-state index contributed by atoms with van der Waals surface area (Å²) in [5.41, 5.74) is 0.881. The van der Waals surface area contributed by atoms with E-state index in [-0.39, 0.29) is 0 Å². The molecule has 0 N–H and O–H groups in total. The number of ketones is 1. The third-order valence-corrected chi connectivity index (χ3v) is 4.37. The monoisotopic (exact) mass is 258 g/mol. The smallest absolute Gasteiger partial charge is 0.168 e. The molecule has 2 rings (SSSR count). The lowest BCUT2D eigenvalue weighted by molar-refractivity contribution is 0.0960. The maximum atomic E-state index is 11.8. The molecule has 1 saturated carbocycles. The van der Waals surface area contributed by atoms with E-state index in [4.69, 9.17) is 0 Å². The predicted octanol–water partition coefficient (Wildman–Crippen LogP) is 3.74. The van der Waals surface area contributed by atoms with Crippen molar-refractivity contribution in [3.8, 4) is 0 Å². The van der Waals surface area contributed by atoms with Crippen molar-refractivity contribution in [1.29, 1.82) is 0 Å². The molecular formula is C10H11BrOS. The quantitative estimate of drug-likeness (QED) is 0.756. The van der Waals surface area contributed by atoms with E-state index in [1.165, 1.54) is 0 Å². The Morgan fingerprint density at radius 1 is 1.69 bits per heavy atom. The lowest BCUT2D eigenvalue weighted by Gasteiger charge is -1.96. The van der Waals surface area contributed by atoms with Gasteiger partial charge in [-0.05, 0) is 28.3 Å². The van der Waals surface area contributed by atoms with Crippen LogP contribution in [0.2, 0.25) is 0 Å². The topological polar surface area (TPSA) is 17.1 Å². The molecule has 70 valence electrons. The van der Waals surface area contributed by atoms with Crippen LogP contribution >= 0.6 is 27.3 Å². The number of hydrogen-bond donors (Lipinski definition) is 0. The number of carbonyl (C=O) groups excluding carboxylic acids is 1. The van der Waals surface area contributed by atoms with E-state index in [9.17, 15) is 4.79 Å². The van der Waals surface area contributed by atoms with Gasteiger partial charge < -0.3 is 0 Å².